The molecule has 19 heavy (non-hydrogen) atoms. The Labute approximate surface area is 120 Å². The van der Waals surface area contributed by atoms with Gasteiger partial charge in [-0.2, -0.15) is 0 Å². The van der Waals surface area contributed by atoms with Crippen LogP contribution in [0.1, 0.15) is 43.7 Å². The Morgan fingerprint density at radius 3 is 2.79 bits per heavy atom. The first-order valence-corrected chi connectivity index (χ1v) is 8.02. The van der Waals surface area contributed by atoms with Gasteiger partial charge in [-0.3, -0.25) is 0 Å². The summed E-state index contributed by atoms with van der Waals surface area (Å²) < 4.78 is 5.28. The largest absolute Gasteiger partial charge is 0.378 e. The number of anilines is 1. The number of aromatic nitrogens is 1. The van der Waals surface area contributed by atoms with E-state index in [0.717, 1.165) is 31.7 Å². The van der Waals surface area contributed by atoms with Crippen LogP contribution in [0.2, 0.25) is 0 Å². The summed E-state index contributed by atoms with van der Waals surface area (Å²) in [6.07, 6.45) is 3.73. The van der Waals surface area contributed by atoms with Gasteiger partial charge in [-0.15, -0.1) is 11.3 Å². The molecule has 0 bridgehead atoms. The maximum Gasteiger partial charge on any atom is 0.185 e. The average molecular weight is 283 g/mol. The van der Waals surface area contributed by atoms with Crippen molar-refractivity contribution in [2.45, 2.75) is 52.3 Å². The molecule has 1 aromatic heterocycles. The van der Waals surface area contributed by atoms with E-state index in [0.29, 0.717) is 12.6 Å². The highest BCUT2D eigenvalue weighted by atomic mass is 32.1. The van der Waals surface area contributed by atoms with Crippen molar-refractivity contribution in [3.63, 3.8) is 0 Å². The highest BCUT2D eigenvalue weighted by Crippen LogP contribution is 2.29. The van der Waals surface area contributed by atoms with Gasteiger partial charge in [0.2, 0.25) is 0 Å². The summed E-state index contributed by atoms with van der Waals surface area (Å²) in [5.41, 5.74) is 1.10. The quantitative estimate of drug-likeness (QED) is 0.835. The highest BCUT2D eigenvalue weighted by Gasteiger charge is 2.19. The second-order valence-corrected chi connectivity index (χ2v) is 6.25. The number of hydrogen-bond donors (Lipinski definition) is 1. The van der Waals surface area contributed by atoms with Gasteiger partial charge in [0.05, 0.1) is 12.3 Å². The van der Waals surface area contributed by atoms with Gasteiger partial charge in [-0.05, 0) is 26.2 Å². The Hall–Kier alpha value is -0.650. The lowest BCUT2D eigenvalue weighted by Crippen LogP contribution is -2.24. The van der Waals surface area contributed by atoms with Gasteiger partial charge < -0.3 is 15.0 Å². The fourth-order valence-electron chi connectivity index (χ4n) is 2.21. The van der Waals surface area contributed by atoms with Gasteiger partial charge >= 0.3 is 0 Å². The van der Waals surface area contributed by atoms with Gasteiger partial charge in [0.25, 0.3) is 0 Å². The molecule has 1 aromatic rings. The first kappa shape index (κ1) is 14.8. The second-order valence-electron chi connectivity index (χ2n) is 5.18. The number of nitrogens with zero attached hydrogens (tertiary/aromatic N) is 2. The number of hydrogen-bond acceptors (Lipinski definition) is 5. The highest BCUT2D eigenvalue weighted by molar-refractivity contribution is 7.15. The molecular formula is C14H25N3OS. The smallest absolute Gasteiger partial charge is 0.185 e. The van der Waals surface area contributed by atoms with Crippen LogP contribution in [0.15, 0.2) is 0 Å². The lowest BCUT2D eigenvalue weighted by atomic mass is 10.2. The Morgan fingerprint density at radius 1 is 1.42 bits per heavy atom. The Kier molecular flexibility index (Phi) is 5.60. The molecule has 0 aliphatic carbocycles. The third-order valence-corrected chi connectivity index (χ3v) is 4.81. The Morgan fingerprint density at radius 2 is 2.16 bits per heavy atom. The fourth-order valence-corrected chi connectivity index (χ4v) is 3.28. The lowest BCUT2D eigenvalue weighted by molar-refractivity contribution is 0.181. The summed E-state index contributed by atoms with van der Waals surface area (Å²) in [5.74, 6) is 0. The molecule has 1 aliphatic heterocycles. The molecule has 5 heteroatoms. The molecule has 0 saturated carbocycles. The summed E-state index contributed by atoms with van der Waals surface area (Å²) in [4.78, 5) is 8.49. The average Bonchev–Trinajstić information content (AvgIpc) is 3.05. The van der Waals surface area contributed by atoms with Crippen molar-refractivity contribution in [2.75, 3.05) is 25.1 Å². The van der Waals surface area contributed by atoms with E-state index >= 15 is 0 Å². The van der Waals surface area contributed by atoms with Gasteiger partial charge in [-0.25, -0.2) is 4.98 Å². The van der Waals surface area contributed by atoms with Crippen molar-refractivity contribution in [3.05, 3.63) is 10.6 Å². The van der Waals surface area contributed by atoms with E-state index in [1.165, 1.54) is 22.9 Å². The van der Waals surface area contributed by atoms with Crippen LogP contribution in [-0.2, 0) is 17.9 Å². The molecule has 1 unspecified atom stereocenters. The van der Waals surface area contributed by atoms with E-state index in [1.54, 1.807) is 7.11 Å². The van der Waals surface area contributed by atoms with Crippen LogP contribution in [0.25, 0.3) is 0 Å². The number of nitrogens with one attached hydrogen (secondary N) is 1. The summed E-state index contributed by atoms with van der Waals surface area (Å²) >= 11 is 1.82. The monoisotopic (exact) mass is 283 g/mol. The molecule has 2 rings (SSSR count). The second kappa shape index (κ2) is 7.22. The first-order valence-electron chi connectivity index (χ1n) is 7.20. The standard InChI is InChI=1S/C14H25N3OS/c1-4-11(2)15-9-13-12(10-18-3)16-14(19-13)17-7-5-6-8-17/h11,15H,4-10H2,1-3H3. The third-order valence-electron chi connectivity index (χ3n) is 3.65. The van der Waals surface area contributed by atoms with Crippen molar-refractivity contribution in [1.82, 2.24) is 10.3 Å². The number of rotatable bonds is 7. The zero-order chi connectivity index (χ0) is 13.7. The van der Waals surface area contributed by atoms with E-state index in [4.69, 9.17) is 9.72 Å². The van der Waals surface area contributed by atoms with Gasteiger partial charge in [0, 0.05) is 37.7 Å². The van der Waals surface area contributed by atoms with Crippen LogP contribution >= 0.6 is 11.3 Å². The molecule has 1 aliphatic rings. The lowest BCUT2D eigenvalue weighted by Gasteiger charge is -2.12. The van der Waals surface area contributed by atoms with Crippen molar-refractivity contribution in [3.8, 4) is 0 Å². The Balaban J connectivity index is 2.06. The van der Waals surface area contributed by atoms with E-state index in [1.807, 2.05) is 11.3 Å². The fraction of sp³-hybridized carbons (Fsp3) is 0.786. The van der Waals surface area contributed by atoms with Crippen LogP contribution in [-0.4, -0.2) is 31.2 Å². The molecular weight excluding hydrogens is 258 g/mol. The summed E-state index contributed by atoms with van der Waals surface area (Å²) in [7, 11) is 1.74. The van der Waals surface area contributed by atoms with Gasteiger partial charge in [0.1, 0.15) is 0 Å². The van der Waals surface area contributed by atoms with Crippen LogP contribution in [0.4, 0.5) is 5.13 Å². The third kappa shape index (κ3) is 3.91. The van der Waals surface area contributed by atoms with Crippen molar-refractivity contribution < 1.29 is 4.74 Å². The Bertz CT molecular complexity index is 388. The van der Waals surface area contributed by atoms with Crippen molar-refractivity contribution in [1.29, 1.82) is 0 Å². The molecule has 1 fully saturated rings. The van der Waals surface area contributed by atoms with Crippen molar-refractivity contribution in [2.24, 2.45) is 0 Å². The van der Waals surface area contributed by atoms with E-state index in [9.17, 15) is 0 Å². The summed E-state index contributed by atoms with van der Waals surface area (Å²) in [5, 5.41) is 4.72. The molecule has 108 valence electrons. The molecule has 1 saturated heterocycles. The molecule has 1 atom stereocenters. The molecule has 0 amide bonds. The molecule has 4 nitrogen and oxygen atoms in total. The zero-order valence-corrected chi connectivity index (χ0v) is 13.1. The predicted octanol–water partition coefficient (Wildman–Crippen LogP) is 2.78. The molecule has 0 spiro atoms. The van der Waals surface area contributed by atoms with Gasteiger partial charge in [-0.1, -0.05) is 6.92 Å². The SMILES string of the molecule is CCC(C)NCc1sc(N2CCCC2)nc1COC. The minimum Gasteiger partial charge on any atom is -0.378 e. The number of methoxy groups -OCH3 is 1. The minimum atomic E-state index is 0.549. The van der Waals surface area contributed by atoms with Crippen LogP contribution in [0, 0.1) is 0 Å². The topological polar surface area (TPSA) is 37.4 Å². The zero-order valence-electron chi connectivity index (χ0n) is 12.2. The van der Waals surface area contributed by atoms with Crippen LogP contribution in [0.3, 0.4) is 0 Å². The number of ether oxygens (including phenoxy) is 1. The molecule has 0 radical (unpaired) electrons. The normalized spacial score (nSPS) is 17.1. The minimum absolute atomic E-state index is 0.549. The first-order chi connectivity index (χ1) is 9.24. The van der Waals surface area contributed by atoms with Crippen LogP contribution in [0.5, 0.6) is 0 Å². The summed E-state index contributed by atoms with van der Waals surface area (Å²) in [6.45, 7) is 8.24. The van der Waals surface area contributed by atoms with E-state index in [-0.39, 0.29) is 0 Å². The summed E-state index contributed by atoms with van der Waals surface area (Å²) in [6, 6.07) is 0.549. The number of thiazole rings is 1. The maximum atomic E-state index is 5.28. The maximum absolute atomic E-state index is 5.28. The molecule has 0 aromatic carbocycles. The van der Waals surface area contributed by atoms with E-state index < -0.39 is 0 Å². The van der Waals surface area contributed by atoms with Crippen molar-refractivity contribution >= 4 is 16.5 Å². The molecule has 1 N–H and O–H groups in total. The molecule has 2 heterocycles. The van der Waals surface area contributed by atoms with Gasteiger partial charge in [0.15, 0.2) is 5.13 Å². The van der Waals surface area contributed by atoms with E-state index in [2.05, 4.69) is 24.1 Å². The predicted molar refractivity (Wildman–Crippen MR) is 80.9 cm³/mol. The van der Waals surface area contributed by atoms with Crippen LogP contribution < -0.4 is 10.2 Å².